The lowest BCUT2D eigenvalue weighted by atomic mass is 10.1. The largest absolute Gasteiger partial charge is 0.381 e. The second kappa shape index (κ2) is 6.34. The number of hydrogen-bond donors (Lipinski definition) is 1. The average molecular weight is 329 g/mol. The molecule has 6 heteroatoms. The maximum atomic E-state index is 12.2. The van der Waals surface area contributed by atoms with Gasteiger partial charge in [-0.3, -0.25) is 9.59 Å². The summed E-state index contributed by atoms with van der Waals surface area (Å²) in [5.74, 6) is -0.305. The predicted molar refractivity (Wildman–Crippen MR) is 75.4 cm³/mol. The zero-order valence-electron chi connectivity index (χ0n) is 10.8. The Labute approximate surface area is 120 Å². The Hall–Kier alpha value is -1.14. The third-order valence-corrected chi connectivity index (χ3v) is 3.63. The molecule has 1 aliphatic rings. The van der Waals surface area contributed by atoms with Crippen LogP contribution in [0.25, 0.3) is 0 Å². The molecule has 1 amide bonds. The molecule has 1 aromatic rings. The van der Waals surface area contributed by atoms with E-state index in [0.29, 0.717) is 19.8 Å². The number of pyridine rings is 1. The van der Waals surface area contributed by atoms with Gasteiger partial charge in [0.05, 0.1) is 0 Å². The van der Waals surface area contributed by atoms with Gasteiger partial charge in [0.15, 0.2) is 0 Å². The zero-order valence-corrected chi connectivity index (χ0v) is 12.4. The summed E-state index contributed by atoms with van der Waals surface area (Å²) in [6.45, 7) is 3.72. The summed E-state index contributed by atoms with van der Waals surface area (Å²) in [7, 11) is 0. The van der Waals surface area contributed by atoms with Crippen molar-refractivity contribution >= 4 is 21.8 Å². The molecule has 1 saturated heterocycles. The molecule has 0 bridgehead atoms. The maximum Gasteiger partial charge on any atom is 0.263 e. The maximum absolute atomic E-state index is 12.2. The number of nitrogens with zero attached hydrogens (tertiary/aromatic N) is 1. The van der Waals surface area contributed by atoms with Crippen LogP contribution in [0.3, 0.4) is 0 Å². The summed E-state index contributed by atoms with van der Waals surface area (Å²) in [4.78, 5) is 24.3. The lowest BCUT2D eigenvalue weighted by Crippen LogP contribution is -2.41. The van der Waals surface area contributed by atoms with Crippen LogP contribution in [0.4, 0.5) is 0 Å². The Bertz CT molecular complexity index is 521. The van der Waals surface area contributed by atoms with Gasteiger partial charge >= 0.3 is 0 Å². The fraction of sp³-hybridized carbons (Fsp3) is 0.538. The van der Waals surface area contributed by atoms with Crippen molar-refractivity contribution in [2.24, 2.45) is 0 Å². The van der Waals surface area contributed by atoms with E-state index in [0.717, 1.165) is 17.3 Å². The molecule has 1 fully saturated rings. The van der Waals surface area contributed by atoms with Crippen LogP contribution in [0.5, 0.6) is 0 Å². The van der Waals surface area contributed by atoms with Gasteiger partial charge in [0, 0.05) is 36.5 Å². The molecular formula is C13H17BrN2O3. The molecular weight excluding hydrogens is 312 g/mol. The van der Waals surface area contributed by atoms with Gasteiger partial charge in [0.2, 0.25) is 0 Å². The van der Waals surface area contributed by atoms with Crippen LogP contribution in [0, 0.1) is 0 Å². The minimum atomic E-state index is -0.305. The fourth-order valence-corrected chi connectivity index (χ4v) is 2.58. The molecule has 1 aliphatic heterocycles. The molecule has 19 heavy (non-hydrogen) atoms. The highest BCUT2D eigenvalue weighted by Crippen LogP contribution is 2.11. The highest BCUT2D eigenvalue weighted by molar-refractivity contribution is 9.10. The van der Waals surface area contributed by atoms with Crippen molar-refractivity contribution in [3.63, 3.8) is 0 Å². The van der Waals surface area contributed by atoms with Crippen LogP contribution in [0.15, 0.2) is 21.5 Å². The van der Waals surface area contributed by atoms with Crippen LogP contribution in [-0.2, 0) is 11.3 Å². The second-order valence-corrected chi connectivity index (χ2v) is 5.44. The van der Waals surface area contributed by atoms with Crippen molar-refractivity contribution in [3.8, 4) is 0 Å². The van der Waals surface area contributed by atoms with Gasteiger partial charge in [-0.1, -0.05) is 0 Å². The van der Waals surface area contributed by atoms with Crippen LogP contribution < -0.4 is 10.9 Å². The van der Waals surface area contributed by atoms with E-state index in [-0.39, 0.29) is 23.1 Å². The highest BCUT2D eigenvalue weighted by Gasteiger charge is 2.19. The standard InChI is InChI=1S/C13H17BrN2O3/c1-2-16-8-9(14)7-11(13(16)18)12(17)15-10-3-5-19-6-4-10/h7-8,10H,2-6H2,1H3,(H,15,17). The number of nitrogens with one attached hydrogen (secondary N) is 1. The van der Waals surface area contributed by atoms with E-state index in [1.165, 1.54) is 4.57 Å². The molecule has 2 rings (SSSR count). The molecule has 0 atom stereocenters. The fourth-order valence-electron chi connectivity index (χ4n) is 2.10. The summed E-state index contributed by atoms with van der Waals surface area (Å²) < 4.78 is 7.49. The van der Waals surface area contributed by atoms with Crippen molar-refractivity contribution in [1.29, 1.82) is 0 Å². The van der Waals surface area contributed by atoms with Gasteiger partial charge < -0.3 is 14.6 Å². The highest BCUT2D eigenvalue weighted by atomic mass is 79.9. The Kier molecular flexibility index (Phi) is 4.76. The Morgan fingerprint density at radius 2 is 2.21 bits per heavy atom. The van der Waals surface area contributed by atoms with Crippen LogP contribution >= 0.6 is 15.9 Å². The van der Waals surface area contributed by atoms with Gasteiger partial charge in [-0.15, -0.1) is 0 Å². The first kappa shape index (κ1) is 14.3. The molecule has 0 unspecified atom stereocenters. The number of halogens is 1. The van der Waals surface area contributed by atoms with E-state index in [9.17, 15) is 9.59 Å². The molecule has 0 saturated carbocycles. The number of amides is 1. The Morgan fingerprint density at radius 1 is 1.53 bits per heavy atom. The van der Waals surface area contributed by atoms with Gasteiger partial charge in [-0.2, -0.15) is 0 Å². The van der Waals surface area contributed by atoms with E-state index in [1.807, 2.05) is 6.92 Å². The van der Waals surface area contributed by atoms with Gasteiger partial charge in [0.1, 0.15) is 5.56 Å². The quantitative estimate of drug-likeness (QED) is 0.915. The number of aryl methyl sites for hydroxylation is 1. The van der Waals surface area contributed by atoms with E-state index in [4.69, 9.17) is 4.74 Å². The van der Waals surface area contributed by atoms with Crippen molar-refractivity contribution in [2.45, 2.75) is 32.4 Å². The summed E-state index contributed by atoms with van der Waals surface area (Å²) in [6, 6.07) is 1.66. The normalized spacial score (nSPS) is 16.3. The zero-order chi connectivity index (χ0) is 13.8. The Morgan fingerprint density at radius 3 is 2.84 bits per heavy atom. The van der Waals surface area contributed by atoms with Crippen LogP contribution in [0.1, 0.15) is 30.1 Å². The SMILES string of the molecule is CCn1cc(Br)cc(C(=O)NC2CCOCC2)c1=O. The second-order valence-electron chi connectivity index (χ2n) is 4.52. The first-order valence-electron chi connectivity index (χ1n) is 6.40. The van der Waals surface area contributed by atoms with E-state index in [1.54, 1.807) is 12.3 Å². The number of rotatable bonds is 3. The summed E-state index contributed by atoms with van der Waals surface area (Å²) >= 11 is 3.32. The van der Waals surface area contributed by atoms with Crippen molar-refractivity contribution in [2.75, 3.05) is 13.2 Å². The lowest BCUT2D eigenvalue weighted by Gasteiger charge is -2.23. The smallest absolute Gasteiger partial charge is 0.263 e. The topological polar surface area (TPSA) is 60.3 Å². The Balaban J connectivity index is 2.18. The summed E-state index contributed by atoms with van der Waals surface area (Å²) in [5, 5.41) is 2.90. The monoisotopic (exact) mass is 328 g/mol. The molecule has 104 valence electrons. The van der Waals surface area contributed by atoms with Crippen molar-refractivity contribution in [1.82, 2.24) is 9.88 Å². The molecule has 0 spiro atoms. The van der Waals surface area contributed by atoms with Crippen molar-refractivity contribution in [3.05, 3.63) is 32.7 Å². The number of aromatic nitrogens is 1. The van der Waals surface area contributed by atoms with E-state index < -0.39 is 0 Å². The van der Waals surface area contributed by atoms with E-state index in [2.05, 4.69) is 21.2 Å². The summed E-state index contributed by atoms with van der Waals surface area (Å²) in [6.07, 6.45) is 3.27. The average Bonchev–Trinajstić information content (AvgIpc) is 2.42. The number of ether oxygens (including phenoxy) is 1. The number of carbonyl (C=O) groups excluding carboxylic acids is 1. The molecule has 5 nitrogen and oxygen atoms in total. The summed E-state index contributed by atoms with van der Waals surface area (Å²) in [5.41, 5.74) is -0.0713. The molecule has 1 aromatic heterocycles. The molecule has 0 aliphatic carbocycles. The molecule has 2 heterocycles. The molecule has 0 aromatic carbocycles. The first-order valence-corrected chi connectivity index (χ1v) is 7.19. The van der Waals surface area contributed by atoms with Crippen LogP contribution in [0.2, 0.25) is 0 Å². The third-order valence-electron chi connectivity index (χ3n) is 3.19. The molecule has 0 radical (unpaired) electrons. The number of carbonyl (C=O) groups is 1. The molecule has 1 N–H and O–H groups in total. The third kappa shape index (κ3) is 3.45. The van der Waals surface area contributed by atoms with E-state index >= 15 is 0 Å². The number of hydrogen-bond acceptors (Lipinski definition) is 3. The van der Waals surface area contributed by atoms with Gasteiger partial charge in [-0.25, -0.2) is 0 Å². The lowest BCUT2D eigenvalue weighted by molar-refractivity contribution is 0.0695. The predicted octanol–water partition coefficient (Wildman–Crippen LogP) is 1.54. The minimum Gasteiger partial charge on any atom is -0.381 e. The van der Waals surface area contributed by atoms with Gasteiger partial charge in [0.25, 0.3) is 11.5 Å². The minimum absolute atomic E-state index is 0.0923. The van der Waals surface area contributed by atoms with Gasteiger partial charge in [-0.05, 0) is 41.8 Å². The van der Waals surface area contributed by atoms with Crippen molar-refractivity contribution < 1.29 is 9.53 Å². The van der Waals surface area contributed by atoms with Crippen LogP contribution in [-0.4, -0.2) is 29.7 Å². The first-order chi connectivity index (χ1) is 9.11.